The fourth-order valence-corrected chi connectivity index (χ4v) is 2.09. The Morgan fingerprint density at radius 1 is 1.00 bits per heavy atom. The van der Waals surface area contributed by atoms with E-state index < -0.39 is 60.9 Å². The molecule has 28 heavy (non-hydrogen) atoms. The molecule has 0 saturated carbocycles. The number of aliphatic carboxylic acids is 1. The molecular weight excluding hydrogens is 374 g/mol. The zero-order valence-corrected chi connectivity index (χ0v) is 15.9. The van der Waals surface area contributed by atoms with E-state index in [0.29, 0.717) is 6.42 Å². The first kappa shape index (κ1) is 25.3. The van der Waals surface area contributed by atoms with Gasteiger partial charge in [-0.1, -0.05) is 20.3 Å². The maximum absolute atomic E-state index is 12.4. The van der Waals surface area contributed by atoms with Crippen LogP contribution < -0.4 is 27.4 Å². The monoisotopic (exact) mass is 403 g/mol. The van der Waals surface area contributed by atoms with Crippen molar-refractivity contribution >= 4 is 29.6 Å². The van der Waals surface area contributed by atoms with Crippen LogP contribution in [0.15, 0.2) is 0 Å². The van der Waals surface area contributed by atoms with Gasteiger partial charge < -0.3 is 37.6 Å². The van der Waals surface area contributed by atoms with Crippen molar-refractivity contribution in [2.75, 3.05) is 13.2 Å². The molecule has 0 aromatic rings. The van der Waals surface area contributed by atoms with Crippen molar-refractivity contribution in [3.63, 3.8) is 0 Å². The van der Waals surface area contributed by atoms with E-state index in [1.807, 2.05) is 12.2 Å². The first-order valence-corrected chi connectivity index (χ1v) is 8.78. The summed E-state index contributed by atoms with van der Waals surface area (Å²) in [4.78, 5) is 58.0. The van der Waals surface area contributed by atoms with Crippen LogP contribution in [0.5, 0.6) is 0 Å². The van der Waals surface area contributed by atoms with Crippen LogP contribution in [0, 0.1) is 5.92 Å². The highest BCUT2D eigenvalue weighted by atomic mass is 16.4. The molecule has 0 rings (SSSR count). The minimum atomic E-state index is -1.44. The molecule has 0 aliphatic heterocycles. The van der Waals surface area contributed by atoms with Gasteiger partial charge in [0, 0.05) is 6.42 Å². The summed E-state index contributed by atoms with van der Waals surface area (Å²) in [6.07, 6.45) is 0.268. The second-order valence-electron chi connectivity index (χ2n) is 6.33. The predicted octanol–water partition coefficient (Wildman–Crippen LogP) is -3.21. The number of rotatable bonds is 13. The Bertz CT molecular complexity index is 584. The van der Waals surface area contributed by atoms with Gasteiger partial charge in [-0.05, 0) is 12.3 Å². The molecule has 4 amide bonds. The van der Waals surface area contributed by atoms with E-state index in [9.17, 15) is 29.1 Å². The lowest BCUT2D eigenvalue weighted by molar-refractivity contribution is -0.139. The zero-order chi connectivity index (χ0) is 21.9. The van der Waals surface area contributed by atoms with Gasteiger partial charge in [-0.2, -0.15) is 0 Å². The van der Waals surface area contributed by atoms with Crippen molar-refractivity contribution in [1.29, 1.82) is 0 Å². The summed E-state index contributed by atoms with van der Waals surface area (Å²) < 4.78 is 0. The average Bonchev–Trinajstić information content (AvgIpc) is 2.65. The number of carboxylic acid groups (broad SMARTS) is 1. The average molecular weight is 403 g/mol. The molecule has 0 aliphatic carbocycles. The Morgan fingerprint density at radius 3 is 2.04 bits per heavy atom. The Balaban J connectivity index is 5.12. The lowest BCUT2D eigenvalue weighted by atomic mass is 9.98. The number of carbonyl (C=O) groups excluding carboxylic acids is 4. The van der Waals surface area contributed by atoms with Gasteiger partial charge in [0.05, 0.1) is 12.6 Å². The number of nitrogens with one attached hydrogen (secondary N) is 3. The maximum Gasteiger partial charge on any atom is 0.322 e. The second-order valence-corrected chi connectivity index (χ2v) is 6.33. The molecule has 0 aromatic heterocycles. The quantitative estimate of drug-likeness (QED) is 0.166. The lowest BCUT2D eigenvalue weighted by Crippen LogP contribution is -2.57. The van der Waals surface area contributed by atoms with Crippen LogP contribution in [0.4, 0.5) is 0 Å². The largest absolute Gasteiger partial charge is 0.480 e. The molecule has 0 fully saturated rings. The molecular formula is C16H29N5O7. The summed E-state index contributed by atoms with van der Waals surface area (Å²) in [5.74, 6) is -4.55. The summed E-state index contributed by atoms with van der Waals surface area (Å²) in [7, 11) is 0. The molecule has 4 atom stereocenters. The maximum atomic E-state index is 12.4. The van der Waals surface area contributed by atoms with Gasteiger partial charge >= 0.3 is 5.97 Å². The smallest absolute Gasteiger partial charge is 0.322 e. The van der Waals surface area contributed by atoms with Crippen molar-refractivity contribution in [3.05, 3.63) is 0 Å². The van der Waals surface area contributed by atoms with E-state index >= 15 is 0 Å². The van der Waals surface area contributed by atoms with Crippen LogP contribution in [0.3, 0.4) is 0 Å². The van der Waals surface area contributed by atoms with E-state index in [1.54, 1.807) is 6.92 Å². The fraction of sp³-hybridized carbons (Fsp3) is 0.688. The molecule has 0 bridgehead atoms. The first-order chi connectivity index (χ1) is 13.0. The van der Waals surface area contributed by atoms with Crippen molar-refractivity contribution in [1.82, 2.24) is 16.0 Å². The summed E-state index contributed by atoms with van der Waals surface area (Å²) in [6, 6.07) is -3.55. The van der Waals surface area contributed by atoms with Gasteiger partial charge in [-0.25, -0.2) is 0 Å². The number of primary amides is 1. The van der Waals surface area contributed by atoms with Crippen LogP contribution in [-0.2, 0) is 24.0 Å². The lowest BCUT2D eigenvalue weighted by Gasteiger charge is -2.24. The molecule has 0 heterocycles. The van der Waals surface area contributed by atoms with E-state index in [0.717, 1.165) is 0 Å². The number of aliphatic hydroxyl groups excluding tert-OH is 1. The third-order valence-corrected chi connectivity index (χ3v) is 4.10. The fourth-order valence-electron chi connectivity index (χ4n) is 2.09. The number of aliphatic hydroxyl groups is 1. The molecule has 0 radical (unpaired) electrons. The minimum absolute atomic E-state index is 0.144. The number of hydrogen-bond donors (Lipinski definition) is 7. The van der Waals surface area contributed by atoms with Gasteiger partial charge in [0.15, 0.2) is 0 Å². The predicted molar refractivity (Wildman–Crippen MR) is 97.5 cm³/mol. The Morgan fingerprint density at radius 2 is 1.57 bits per heavy atom. The van der Waals surface area contributed by atoms with Crippen molar-refractivity contribution in [2.45, 2.75) is 51.2 Å². The summed E-state index contributed by atoms with van der Waals surface area (Å²) >= 11 is 0. The number of hydrogen-bond acceptors (Lipinski definition) is 7. The minimum Gasteiger partial charge on any atom is -0.480 e. The van der Waals surface area contributed by atoms with Crippen molar-refractivity contribution in [2.24, 2.45) is 17.4 Å². The Hall–Kier alpha value is -2.73. The highest BCUT2D eigenvalue weighted by Crippen LogP contribution is 2.07. The molecule has 0 spiro atoms. The van der Waals surface area contributed by atoms with Crippen LogP contribution in [0.25, 0.3) is 0 Å². The summed E-state index contributed by atoms with van der Waals surface area (Å²) in [6.45, 7) is 2.10. The number of carbonyl (C=O) groups is 5. The van der Waals surface area contributed by atoms with E-state index in [-0.39, 0.29) is 18.8 Å². The molecule has 0 aliphatic rings. The summed E-state index contributed by atoms with van der Waals surface area (Å²) in [5, 5.41) is 24.5. The SMILES string of the molecule is CCC(C)C(N)C(=O)NC(CCC(N)=O)C(=O)NC(CO)C(=O)NCC(=O)O. The van der Waals surface area contributed by atoms with Gasteiger partial charge in [0.25, 0.3) is 0 Å². The molecule has 12 nitrogen and oxygen atoms in total. The van der Waals surface area contributed by atoms with Crippen molar-refractivity contribution < 1.29 is 34.2 Å². The molecule has 160 valence electrons. The van der Waals surface area contributed by atoms with Crippen LogP contribution in [0.2, 0.25) is 0 Å². The first-order valence-electron chi connectivity index (χ1n) is 8.78. The van der Waals surface area contributed by atoms with Crippen molar-refractivity contribution in [3.8, 4) is 0 Å². The van der Waals surface area contributed by atoms with E-state index in [4.69, 9.17) is 16.6 Å². The van der Waals surface area contributed by atoms with Gasteiger partial charge in [0.1, 0.15) is 18.6 Å². The number of carboxylic acids is 1. The standard InChI is InChI=1S/C16H29N5O7/c1-3-8(2)13(18)16(28)20-9(4-5-11(17)23)15(27)21-10(7-22)14(26)19-6-12(24)25/h8-10,13,22H,3-7,18H2,1-2H3,(H2,17,23)(H,19,26)(H,20,28)(H,21,27)(H,24,25). The topological polar surface area (TPSA) is 214 Å². The van der Waals surface area contributed by atoms with Crippen LogP contribution >= 0.6 is 0 Å². The Kier molecular flexibility index (Phi) is 11.4. The van der Waals surface area contributed by atoms with E-state index in [2.05, 4.69) is 10.6 Å². The third-order valence-electron chi connectivity index (χ3n) is 4.10. The number of nitrogens with two attached hydrogens (primary N) is 2. The highest BCUT2D eigenvalue weighted by molar-refractivity contribution is 5.94. The highest BCUT2D eigenvalue weighted by Gasteiger charge is 2.29. The second kappa shape index (κ2) is 12.6. The van der Waals surface area contributed by atoms with Gasteiger partial charge in [-0.15, -0.1) is 0 Å². The van der Waals surface area contributed by atoms with Gasteiger partial charge in [0.2, 0.25) is 23.6 Å². The van der Waals surface area contributed by atoms with Gasteiger partial charge in [-0.3, -0.25) is 24.0 Å². The van der Waals surface area contributed by atoms with Crippen LogP contribution in [-0.4, -0.2) is 71.1 Å². The molecule has 12 heteroatoms. The Labute approximate surface area is 162 Å². The zero-order valence-electron chi connectivity index (χ0n) is 15.9. The molecule has 0 saturated heterocycles. The normalized spacial score (nSPS) is 14.9. The summed E-state index contributed by atoms with van der Waals surface area (Å²) in [5.41, 5.74) is 10.9. The number of amides is 4. The molecule has 4 unspecified atom stereocenters. The van der Waals surface area contributed by atoms with Crippen LogP contribution in [0.1, 0.15) is 33.1 Å². The molecule has 9 N–H and O–H groups in total. The third kappa shape index (κ3) is 9.28. The van der Waals surface area contributed by atoms with E-state index in [1.165, 1.54) is 0 Å². The molecule has 0 aromatic carbocycles.